The predicted octanol–water partition coefficient (Wildman–Crippen LogP) is -1.86. The molecule has 8 nitrogen and oxygen atoms in total. The Morgan fingerprint density at radius 3 is 1.93 bits per heavy atom. The molecule has 0 aromatic carbocycles. The summed E-state index contributed by atoms with van der Waals surface area (Å²) in [4.78, 5) is 32.4. The lowest BCUT2D eigenvalue weighted by molar-refractivity contribution is -0.129. The zero-order chi connectivity index (χ0) is 12.0. The average Bonchev–Trinajstić information content (AvgIpc) is 2.15. The lowest BCUT2D eigenvalue weighted by Crippen LogP contribution is -2.52. The van der Waals surface area contributed by atoms with Crippen molar-refractivity contribution >= 4 is 17.9 Å². The van der Waals surface area contributed by atoms with E-state index < -0.39 is 30.0 Å². The predicted molar refractivity (Wildman–Crippen MR) is 50.6 cm³/mol. The standard InChI is InChI=1S/C7H14N4O4/c1-3(10-7(14)15)5(12)9-4(2)6(13)11-8/h3-4,10H,8H2,1-2H3,(H,9,12)(H,11,13)(H,14,15). The maximum absolute atomic E-state index is 11.3. The fourth-order valence-corrected chi connectivity index (χ4v) is 0.780. The van der Waals surface area contributed by atoms with Crippen molar-refractivity contribution < 1.29 is 19.5 Å². The van der Waals surface area contributed by atoms with E-state index in [1.54, 1.807) is 0 Å². The quantitative estimate of drug-likeness (QED) is 0.214. The molecule has 0 aliphatic carbocycles. The normalized spacial score (nSPS) is 13.5. The minimum atomic E-state index is -1.31. The van der Waals surface area contributed by atoms with Gasteiger partial charge in [0.25, 0.3) is 5.91 Å². The number of hydrogen-bond donors (Lipinski definition) is 5. The second kappa shape index (κ2) is 5.81. The van der Waals surface area contributed by atoms with E-state index in [4.69, 9.17) is 10.9 Å². The fraction of sp³-hybridized carbons (Fsp3) is 0.571. The number of rotatable bonds is 4. The molecule has 0 saturated heterocycles. The maximum atomic E-state index is 11.3. The van der Waals surface area contributed by atoms with E-state index in [9.17, 15) is 14.4 Å². The van der Waals surface area contributed by atoms with Crippen LogP contribution in [0, 0.1) is 0 Å². The number of hydrazine groups is 1. The molecule has 3 amide bonds. The molecular formula is C7H14N4O4. The van der Waals surface area contributed by atoms with Crippen LogP contribution in [0.25, 0.3) is 0 Å². The molecule has 0 spiro atoms. The number of carbonyl (C=O) groups excluding carboxylic acids is 2. The van der Waals surface area contributed by atoms with Gasteiger partial charge < -0.3 is 15.7 Å². The Morgan fingerprint density at radius 2 is 1.53 bits per heavy atom. The van der Waals surface area contributed by atoms with Gasteiger partial charge in [-0.15, -0.1) is 0 Å². The van der Waals surface area contributed by atoms with Crippen LogP contribution in [-0.2, 0) is 9.59 Å². The lowest BCUT2D eigenvalue weighted by atomic mass is 10.2. The second-order valence-electron chi connectivity index (χ2n) is 2.91. The largest absolute Gasteiger partial charge is 0.465 e. The molecule has 0 fully saturated rings. The molecule has 6 N–H and O–H groups in total. The summed E-state index contributed by atoms with van der Waals surface area (Å²) in [5.74, 6) is 3.68. The molecule has 0 radical (unpaired) electrons. The van der Waals surface area contributed by atoms with Gasteiger partial charge >= 0.3 is 6.09 Å². The van der Waals surface area contributed by atoms with Crippen LogP contribution in [0.5, 0.6) is 0 Å². The molecule has 0 aromatic rings. The molecule has 8 heteroatoms. The zero-order valence-corrected chi connectivity index (χ0v) is 8.40. The Kier molecular flexibility index (Phi) is 5.10. The third-order valence-electron chi connectivity index (χ3n) is 1.63. The number of carboxylic acid groups (broad SMARTS) is 1. The van der Waals surface area contributed by atoms with Crippen molar-refractivity contribution in [3.05, 3.63) is 0 Å². The molecule has 0 bridgehead atoms. The number of amides is 3. The molecule has 2 unspecified atom stereocenters. The van der Waals surface area contributed by atoms with Gasteiger partial charge in [0.1, 0.15) is 12.1 Å². The molecule has 15 heavy (non-hydrogen) atoms. The Labute approximate surface area is 86.2 Å². The maximum Gasteiger partial charge on any atom is 0.405 e. The van der Waals surface area contributed by atoms with E-state index in [1.165, 1.54) is 13.8 Å². The highest BCUT2D eigenvalue weighted by Gasteiger charge is 2.19. The van der Waals surface area contributed by atoms with E-state index in [0.29, 0.717) is 0 Å². The van der Waals surface area contributed by atoms with Crippen molar-refractivity contribution in [2.45, 2.75) is 25.9 Å². The number of carbonyl (C=O) groups is 3. The Hall–Kier alpha value is -1.83. The van der Waals surface area contributed by atoms with Crippen LogP contribution in [0.15, 0.2) is 0 Å². The minimum Gasteiger partial charge on any atom is -0.465 e. The van der Waals surface area contributed by atoms with E-state index in [1.807, 2.05) is 10.7 Å². The Balaban J connectivity index is 4.12. The van der Waals surface area contributed by atoms with Crippen molar-refractivity contribution in [2.24, 2.45) is 5.84 Å². The SMILES string of the molecule is CC(NC(=O)O)C(=O)NC(C)C(=O)NN. The highest BCUT2D eigenvalue weighted by atomic mass is 16.4. The van der Waals surface area contributed by atoms with Crippen LogP contribution in [0.3, 0.4) is 0 Å². The zero-order valence-electron chi connectivity index (χ0n) is 8.40. The summed E-state index contributed by atoms with van der Waals surface area (Å²) in [6.45, 7) is 2.78. The van der Waals surface area contributed by atoms with Crippen LogP contribution in [0.4, 0.5) is 4.79 Å². The van der Waals surface area contributed by atoms with E-state index in [-0.39, 0.29) is 0 Å². The highest BCUT2D eigenvalue weighted by molar-refractivity contribution is 5.90. The van der Waals surface area contributed by atoms with Gasteiger partial charge in [0.05, 0.1) is 0 Å². The van der Waals surface area contributed by atoms with Crippen molar-refractivity contribution in [3.8, 4) is 0 Å². The van der Waals surface area contributed by atoms with Gasteiger partial charge in [0.2, 0.25) is 5.91 Å². The molecule has 86 valence electrons. The first-order chi connectivity index (χ1) is 6.88. The van der Waals surface area contributed by atoms with Crippen LogP contribution in [-0.4, -0.2) is 35.1 Å². The van der Waals surface area contributed by atoms with Gasteiger partial charge in [-0.3, -0.25) is 15.0 Å². The van der Waals surface area contributed by atoms with Gasteiger partial charge in [-0.05, 0) is 13.8 Å². The van der Waals surface area contributed by atoms with Crippen LogP contribution in [0.1, 0.15) is 13.8 Å². The summed E-state index contributed by atoms with van der Waals surface area (Å²) >= 11 is 0. The molecule has 0 aliphatic rings. The van der Waals surface area contributed by atoms with E-state index in [2.05, 4.69) is 5.32 Å². The van der Waals surface area contributed by atoms with Crippen molar-refractivity contribution in [2.75, 3.05) is 0 Å². The summed E-state index contributed by atoms with van der Waals surface area (Å²) in [6, 6.07) is -1.75. The van der Waals surface area contributed by atoms with Gasteiger partial charge in [-0.2, -0.15) is 0 Å². The van der Waals surface area contributed by atoms with Crippen molar-refractivity contribution in [1.29, 1.82) is 0 Å². The summed E-state index contributed by atoms with van der Waals surface area (Å²) in [5, 5.41) is 12.6. The average molecular weight is 218 g/mol. The lowest BCUT2D eigenvalue weighted by Gasteiger charge is -2.15. The molecule has 0 aliphatic heterocycles. The molecule has 2 atom stereocenters. The van der Waals surface area contributed by atoms with Crippen molar-refractivity contribution in [1.82, 2.24) is 16.1 Å². The third-order valence-corrected chi connectivity index (χ3v) is 1.63. The Morgan fingerprint density at radius 1 is 1.07 bits per heavy atom. The monoisotopic (exact) mass is 218 g/mol. The number of nitrogens with one attached hydrogen (secondary N) is 3. The molecular weight excluding hydrogens is 204 g/mol. The summed E-state index contributed by atoms with van der Waals surface area (Å²) in [5.41, 5.74) is 1.86. The van der Waals surface area contributed by atoms with E-state index in [0.717, 1.165) is 0 Å². The van der Waals surface area contributed by atoms with E-state index >= 15 is 0 Å². The van der Waals surface area contributed by atoms with Gasteiger partial charge in [0.15, 0.2) is 0 Å². The van der Waals surface area contributed by atoms with Crippen LogP contribution in [0.2, 0.25) is 0 Å². The third kappa shape index (κ3) is 4.81. The number of hydrogen-bond acceptors (Lipinski definition) is 4. The van der Waals surface area contributed by atoms with Crippen LogP contribution < -0.4 is 21.9 Å². The topological polar surface area (TPSA) is 134 Å². The van der Waals surface area contributed by atoms with Gasteiger partial charge in [-0.1, -0.05) is 0 Å². The Bertz CT molecular complexity index is 268. The first-order valence-electron chi connectivity index (χ1n) is 4.18. The summed E-state index contributed by atoms with van der Waals surface area (Å²) in [6.07, 6.45) is -1.31. The highest BCUT2D eigenvalue weighted by Crippen LogP contribution is 1.86. The molecule has 0 heterocycles. The summed E-state index contributed by atoms with van der Waals surface area (Å²) in [7, 11) is 0. The van der Waals surface area contributed by atoms with Gasteiger partial charge in [-0.25, -0.2) is 10.6 Å². The van der Waals surface area contributed by atoms with Crippen molar-refractivity contribution in [3.63, 3.8) is 0 Å². The van der Waals surface area contributed by atoms with Crippen LogP contribution >= 0.6 is 0 Å². The molecule has 0 saturated carbocycles. The molecule has 0 rings (SSSR count). The summed E-state index contributed by atoms with van der Waals surface area (Å²) < 4.78 is 0. The second-order valence-corrected chi connectivity index (χ2v) is 2.91. The first kappa shape index (κ1) is 13.2. The minimum absolute atomic E-state index is 0.564. The molecule has 0 aromatic heterocycles. The number of nitrogens with two attached hydrogens (primary N) is 1. The fourth-order valence-electron chi connectivity index (χ4n) is 0.780. The van der Waals surface area contributed by atoms with Gasteiger partial charge in [0, 0.05) is 0 Å². The first-order valence-corrected chi connectivity index (χ1v) is 4.18. The smallest absolute Gasteiger partial charge is 0.405 e.